The van der Waals surface area contributed by atoms with Crippen molar-refractivity contribution in [3.05, 3.63) is 54.4 Å². The summed E-state index contributed by atoms with van der Waals surface area (Å²) in [5, 5.41) is 9.52. The molecule has 0 spiro atoms. The molecule has 1 aromatic heterocycles. The molecule has 0 unspecified atom stereocenters. The minimum absolute atomic E-state index is 0.0234. The number of aromatic nitrogens is 2. The second-order valence-electron chi connectivity index (χ2n) is 6.83. The average molecular weight is 400 g/mol. The number of sulfonamides is 1. The molecule has 2 aromatic carbocycles. The minimum Gasteiger partial charge on any atom is -0.478 e. The third-order valence-electron chi connectivity index (χ3n) is 4.97. The molecule has 0 bridgehead atoms. The zero-order valence-corrected chi connectivity index (χ0v) is 16.1. The summed E-state index contributed by atoms with van der Waals surface area (Å²) >= 11 is 0. The Balaban J connectivity index is 1.84. The van der Waals surface area contributed by atoms with Gasteiger partial charge in [0.15, 0.2) is 0 Å². The predicted molar refractivity (Wildman–Crippen MR) is 104 cm³/mol. The predicted octanol–water partition coefficient (Wildman–Crippen LogP) is 1.66. The molecule has 9 heteroatoms. The van der Waals surface area contributed by atoms with Crippen LogP contribution in [0.4, 0.5) is 0 Å². The second-order valence-corrected chi connectivity index (χ2v) is 8.77. The van der Waals surface area contributed by atoms with E-state index in [1.54, 1.807) is 10.9 Å². The Hall–Kier alpha value is -2.75. The first kappa shape index (κ1) is 18.6. The van der Waals surface area contributed by atoms with Gasteiger partial charge in [0.2, 0.25) is 10.0 Å². The zero-order valence-electron chi connectivity index (χ0n) is 15.3. The molecule has 1 aliphatic heterocycles. The first-order chi connectivity index (χ1) is 13.4. The van der Waals surface area contributed by atoms with Crippen LogP contribution in [0, 0.1) is 0 Å². The normalized spacial score (nSPS) is 16.5. The SMILES string of the molecule is CN1CCN(S(=O)(=O)c2cc(C(=O)O)cc(-n3cnc4ccccc43)c2)CC1. The molecule has 0 amide bonds. The number of fused-ring (bicyclic) bond motifs is 1. The van der Waals surface area contributed by atoms with E-state index in [0.29, 0.717) is 31.9 Å². The fourth-order valence-electron chi connectivity index (χ4n) is 3.34. The van der Waals surface area contributed by atoms with Crippen molar-refractivity contribution in [2.75, 3.05) is 33.2 Å². The lowest BCUT2D eigenvalue weighted by Gasteiger charge is -2.31. The summed E-state index contributed by atoms with van der Waals surface area (Å²) in [6.07, 6.45) is 1.57. The molecule has 146 valence electrons. The topological polar surface area (TPSA) is 95.7 Å². The highest BCUT2D eigenvalue weighted by atomic mass is 32.2. The average Bonchev–Trinajstić information content (AvgIpc) is 3.12. The number of piperazine rings is 1. The third kappa shape index (κ3) is 3.28. The summed E-state index contributed by atoms with van der Waals surface area (Å²) in [7, 11) is -1.86. The maximum absolute atomic E-state index is 13.1. The van der Waals surface area contributed by atoms with Crippen molar-refractivity contribution in [3.63, 3.8) is 0 Å². The lowest BCUT2D eigenvalue weighted by molar-refractivity contribution is 0.0696. The number of imidazole rings is 1. The van der Waals surface area contributed by atoms with Crippen LogP contribution in [0.2, 0.25) is 0 Å². The number of para-hydroxylation sites is 2. The molecule has 0 aliphatic carbocycles. The van der Waals surface area contributed by atoms with Gasteiger partial charge >= 0.3 is 5.97 Å². The van der Waals surface area contributed by atoms with Crippen molar-refractivity contribution in [3.8, 4) is 5.69 Å². The summed E-state index contributed by atoms with van der Waals surface area (Å²) in [5.41, 5.74) is 1.88. The van der Waals surface area contributed by atoms with Crippen molar-refractivity contribution < 1.29 is 18.3 Å². The Kier molecular flexibility index (Phi) is 4.66. The molecule has 8 nitrogen and oxygen atoms in total. The van der Waals surface area contributed by atoms with Gasteiger partial charge in [-0.05, 0) is 37.4 Å². The smallest absolute Gasteiger partial charge is 0.335 e. The molecular formula is C19H20N4O4S. The van der Waals surface area contributed by atoms with E-state index in [1.807, 2.05) is 31.3 Å². The largest absolute Gasteiger partial charge is 0.478 e. The van der Waals surface area contributed by atoms with E-state index in [0.717, 1.165) is 11.0 Å². The molecule has 1 fully saturated rings. The van der Waals surface area contributed by atoms with Crippen LogP contribution in [0.5, 0.6) is 0 Å². The van der Waals surface area contributed by atoms with Gasteiger partial charge in [0.25, 0.3) is 0 Å². The highest BCUT2D eigenvalue weighted by Crippen LogP contribution is 2.25. The molecule has 4 rings (SSSR count). The van der Waals surface area contributed by atoms with Crippen LogP contribution in [-0.2, 0) is 10.0 Å². The molecule has 0 saturated carbocycles. The number of hydrogen-bond donors (Lipinski definition) is 1. The number of benzene rings is 2. The second kappa shape index (κ2) is 7.01. The van der Waals surface area contributed by atoms with Gasteiger partial charge in [0.1, 0.15) is 6.33 Å². The quantitative estimate of drug-likeness (QED) is 0.716. The number of likely N-dealkylation sites (N-methyl/N-ethyl adjacent to an activating group) is 1. The van der Waals surface area contributed by atoms with Gasteiger partial charge in [-0.2, -0.15) is 4.31 Å². The number of nitrogens with zero attached hydrogens (tertiary/aromatic N) is 4. The summed E-state index contributed by atoms with van der Waals surface area (Å²) in [6, 6.07) is 11.6. The van der Waals surface area contributed by atoms with Crippen molar-refractivity contribution >= 4 is 27.0 Å². The number of aromatic carboxylic acids is 1. The number of rotatable bonds is 4. The van der Waals surface area contributed by atoms with E-state index >= 15 is 0 Å². The lowest BCUT2D eigenvalue weighted by Crippen LogP contribution is -2.47. The summed E-state index contributed by atoms with van der Waals surface area (Å²) in [4.78, 5) is 18.0. The van der Waals surface area contributed by atoms with Gasteiger partial charge in [0, 0.05) is 31.9 Å². The number of carbonyl (C=O) groups is 1. The third-order valence-corrected chi connectivity index (χ3v) is 6.85. The van der Waals surface area contributed by atoms with Crippen LogP contribution in [0.25, 0.3) is 16.7 Å². The fourth-order valence-corrected chi connectivity index (χ4v) is 4.83. The summed E-state index contributed by atoms with van der Waals surface area (Å²) in [6.45, 7) is 2.02. The molecule has 3 aromatic rings. The van der Waals surface area contributed by atoms with Crippen LogP contribution in [0.15, 0.2) is 53.7 Å². The summed E-state index contributed by atoms with van der Waals surface area (Å²) in [5.74, 6) is -1.18. The Morgan fingerprint density at radius 2 is 1.79 bits per heavy atom. The van der Waals surface area contributed by atoms with E-state index in [1.165, 1.54) is 22.5 Å². The van der Waals surface area contributed by atoms with Crippen molar-refractivity contribution in [2.24, 2.45) is 0 Å². The standard InChI is InChI=1S/C19H20N4O4S/c1-21-6-8-22(9-7-21)28(26,27)16-11-14(19(24)25)10-15(12-16)23-13-20-17-4-2-3-5-18(17)23/h2-5,10-13H,6-9H2,1H3,(H,24,25). The fraction of sp³-hybridized carbons (Fsp3) is 0.263. The van der Waals surface area contributed by atoms with Crippen LogP contribution in [0.1, 0.15) is 10.4 Å². The number of carboxylic acids is 1. The van der Waals surface area contributed by atoms with Gasteiger partial charge < -0.3 is 10.0 Å². The molecule has 1 N–H and O–H groups in total. The van der Waals surface area contributed by atoms with Gasteiger partial charge in [-0.3, -0.25) is 4.57 Å². The molecule has 0 atom stereocenters. The molecule has 1 saturated heterocycles. The minimum atomic E-state index is -3.80. The first-order valence-electron chi connectivity index (χ1n) is 8.86. The van der Waals surface area contributed by atoms with E-state index < -0.39 is 16.0 Å². The van der Waals surface area contributed by atoms with E-state index in [9.17, 15) is 18.3 Å². The van der Waals surface area contributed by atoms with Gasteiger partial charge in [0.05, 0.1) is 21.5 Å². The van der Waals surface area contributed by atoms with Crippen molar-refractivity contribution in [1.29, 1.82) is 0 Å². The number of carboxylic acid groups (broad SMARTS) is 1. The molecular weight excluding hydrogens is 380 g/mol. The molecule has 0 radical (unpaired) electrons. The molecule has 1 aliphatic rings. The molecule has 28 heavy (non-hydrogen) atoms. The summed E-state index contributed by atoms with van der Waals surface area (Å²) < 4.78 is 29.4. The van der Waals surface area contributed by atoms with Gasteiger partial charge in [-0.1, -0.05) is 12.1 Å². The van der Waals surface area contributed by atoms with E-state index in [4.69, 9.17) is 0 Å². The van der Waals surface area contributed by atoms with Crippen LogP contribution < -0.4 is 0 Å². The first-order valence-corrected chi connectivity index (χ1v) is 10.3. The highest BCUT2D eigenvalue weighted by Gasteiger charge is 2.29. The van der Waals surface area contributed by atoms with Crippen LogP contribution in [0.3, 0.4) is 0 Å². The van der Waals surface area contributed by atoms with Crippen LogP contribution in [-0.4, -0.2) is 71.5 Å². The number of hydrogen-bond acceptors (Lipinski definition) is 5. The van der Waals surface area contributed by atoms with E-state index in [2.05, 4.69) is 9.88 Å². The lowest BCUT2D eigenvalue weighted by atomic mass is 10.2. The Labute approximate surface area is 162 Å². The van der Waals surface area contributed by atoms with Gasteiger partial charge in [-0.15, -0.1) is 0 Å². The zero-order chi connectivity index (χ0) is 19.9. The van der Waals surface area contributed by atoms with Crippen molar-refractivity contribution in [1.82, 2.24) is 18.8 Å². The maximum Gasteiger partial charge on any atom is 0.335 e. The maximum atomic E-state index is 13.1. The van der Waals surface area contributed by atoms with Crippen LogP contribution >= 0.6 is 0 Å². The van der Waals surface area contributed by atoms with Crippen molar-refractivity contribution in [2.45, 2.75) is 4.90 Å². The Bertz CT molecular complexity index is 1150. The van der Waals surface area contributed by atoms with Gasteiger partial charge in [-0.25, -0.2) is 18.2 Å². The monoisotopic (exact) mass is 400 g/mol. The van der Waals surface area contributed by atoms with E-state index in [-0.39, 0.29) is 10.5 Å². The highest BCUT2D eigenvalue weighted by molar-refractivity contribution is 7.89. The molecule has 2 heterocycles. The Morgan fingerprint density at radius 1 is 1.07 bits per heavy atom. The Morgan fingerprint density at radius 3 is 2.50 bits per heavy atom.